The fraction of sp³-hybridized carbons (Fsp3) is 0.562. The molecular formula is C16H24N2O2. The standard InChI is InChI=1S/C16H24N2O2/c1-4-9-17-15-7-5-14(6-8-15)16(19)18-10-12(2)20-13(3)11-18/h5-8,12-13,17H,4,9-11H2,1-3H3/t12-,13+. The number of rotatable bonds is 4. The van der Waals surface area contributed by atoms with Gasteiger partial charge in [-0.3, -0.25) is 4.79 Å². The van der Waals surface area contributed by atoms with E-state index in [4.69, 9.17) is 4.74 Å². The quantitative estimate of drug-likeness (QED) is 0.919. The number of benzene rings is 1. The zero-order chi connectivity index (χ0) is 14.5. The van der Waals surface area contributed by atoms with Crippen molar-refractivity contribution in [1.29, 1.82) is 0 Å². The van der Waals surface area contributed by atoms with Crippen molar-refractivity contribution in [2.45, 2.75) is 39.4 Å². The number of ether oxygens (including phenoxy) is 1. The van der Waals surface area contributed by atoms with Crippen LogP contribution in [0, 0.1) is 0 Å². The normalized spacial score (nSPS) is 22.6. The van der Waals surface area contributed by atoms with Crippen LogP contribution in [-0.2, 0) is 4.74 Å². The maximum atomic E-state index is 12.5. The Morgan fingerprint density at radius 2 is 1.85 bits per heavy atom. The van der Waals surface area contributed by atoms with Crippen molar-refractivity contribution >= 4 is 11.6 Å². The first-order valence-corrected chi connectivity index (χ1v) is 7.38. The van der Waals surface area contributed by atoms with E-state index in [0.29, 0.717) is 13.1 Å². The molecule has 1 fully saturated rings. The molecule has 0 unspecified atom stereocenters. The van der Waals surface area contributed by atoms with Gasteiger partial charge in [0, 0.05) is 30.9 Å². The Bertz CT molecular complexity index is 434. The van der Waals surface area contributed by atoms with Gasteiger partial charge in [-0.05, 0) is 44.5 Å². The highest BCUT2D eigenvalue weighted by Gasteiger charge is 2.26. The maximum Gasteiger partial charge on any atom is 0.254 e. The van der Waals surface area contributed by atoms with Crippen molar-refractivity contribution < 1.29 is 9.53 Å². The molecule has 0 radical (unpaired) electrons. The predicted molar refractivity (Wildman–Crippen MR) is 81.1 cm³/mol. The minimum Gasteiger partial charge on any atom is -0.385 e. The summed E-state index contributed by atoms with van der Waals surface area (Å²) < 4.78 is 5.66. The SMILES string of the molecule is CCCNc1ccc(C(=O)N2C[C@@H](C)O[C@@H](C)C2)cc1. The highest BCUT2D eigenvalue weighted by atomic mass is 16.5. The predicted octanol–water partition coefficient (Wildman–Crippen LogP) is 2.76. The molecule has 1 heterocycles. The average Bonchev–Trinajstić information content (AvgIpc) is 2.44. The third-order valence-corrected chi connectivity index (χ3v) is 3.42. The lowest BCUT2D eigenvalue weighted by Crippen LogP contribution is -2.48. The molecule has 4 heteroatoms. The van der Waals surface area contributed by atoms with Crippen molar-refractivity contribution in [2.24, 2.45) is 0 Å². The summed E-state index contributed by atoms with van der Waals surface area (Å²) in [5.41, 5.74) is 1.81. The summed E-state index contributed by atoms with van der Waals surface area (Å²) in [6.45, 7) is 8.43. The van der Waals surface area contributed by atoms with Gasteiger partial charge in [0.2, 0.25) is 0 Å². The van der Waals surface area contributed by atoms with Crippen molar-refractivity contribution in [3.8, 4) is 0 Å². The summed E-state index contributed by atoms with van der Waals surface area (Å²) in [5.74, 6) is 0.0917. The molecule has 0 bridgehead atoms. The molecule has 0 aliphatic carbocycles. The Balaban J connectivity index is 2.01. The molecule has 4 nitrogen and oxygen atoms in total. The molecule has 20 heavy (non-hydrogen) atoms. The number of amides is 1. The molecule has 1 aliphatic heterocycles. The average molecular weight is 276 g/mol. The third-order valence-electron chi connectivity index (χ3n) is 3.42. The number of hydrogen-bond donors (Lipinski definition) is 1. The second-order valence-electron chi connectivity index (χ2n) is 5.47. The Morgan fingerprint density at radius 3 is 2.40 bits per heavy atom. The summed E-state index contributed by atoms with van der Waals surface area (Å²) in [7, 11) is 0. The second-order valence-corrected chi connectivity index (χ2v) is 5.47. The molecule has 1 aromatic rings. The molecule has 1 amide bonds. The third kappa shape index (κ3) is 3.73. The number of carbonyl (C=O) groups is 1. The first kappa shape index (κ1) is 14.9. The summed E-state index contributed by atoms with van der Waals surface area (Å²) in [5, 5.41) is 3.31. The zero-order valence-electron chi connectivity index (χ0n) is 12.6. The van der Waals surface area contributed by atoms with Gasteiger partial charge in [-0.15, -0.1) is 0 Å². The van der Waals surface area contributed by atoms with Gasteiger partial charge in [0.15, 0.2) is 0 Å². The van der Waals surface area contributed by atoms with Crippen molar-refractivity contribution in [3.05, 3.63) is 29.8 Å². The first-order chi connectivity index (χ1) is 9.60. The molecular weight excluding hydrogens is 252 g/mol. The second kappa shape index (κ2) is 6.75. The van der Waals surface area contributed by atoms with E-state index in [9.17, 15) is 4.79 Å². The molecule has 2 atom stereocenters. The van der Waals surface area contributed by atoms with Crippen LogP contribution >= 0.6 is 0 Å². The van der Waals surface area contributed by atoms with Crippen LogP contribution < -0.4 is 5.32 Å². The lowest BCUT2D eigenvalue weighted by atomic mass is 10.1. The largest absolute Gasteiger partial charge is 0.385 e. The summed E-state index contributed by atoms with van der Waals surface area (Å²) in [4.78, 5) is 14.3. The van der Waals surface area contributed by atoms with E-state index in [1.807, 2.05) is 43.0 Å². The Labute approximate surface area is 121 Å². The molecule has 110 valence electrons. The fourth-order valence-electron chi connectivity index (χ4n) is 2.53. The van der Waals surface area contributed by atoms with Crippen LogP contribution in [0.4, 0.5) is 5.69 Å². The number of morpholine rings is 1. The molecule has 0 saturated carbocycles. The number of nitrogens with one attached hydrogen (secondary N) is 1. The smallest absolute Gasteiger partial charge is 0.254 e. The fourth-order valence-corrected chi connectivity index (χ4v) is 2.53. The number of anilines is 1. The zero-order valence-corrected chi connectivity index (χ0v) is 12.6. The van der Waals surface area contributed by atoms with Gasteiger partial charge in [-0.1, -0.05) is 6.92 Å². The van der Waals surface area contributed by atoms with Gasteiger partial charge in [0.25, 0.3) is 5.91 Å². The van der Waals surface area contributed by atoms with Crippen LogP contribution in [0.15, 0.2) is 24.3 Å². The monoisotopic (exact) mass is 276 g/mol. The topological polar surface area (TPSA) is 41.6 Å². The van der Waals surface area contributed by atoms with Crippen LogP contribution in [0.1, 0.15) is 37.6 Å². The summed E-state index contributed by atoms with van der Waals surface area (Å²) in [6.07, 6.45) is 1.30. The molecule has 1 N–H and O–H groups in total. The minimum absolute atomic E-state index is 0.0917. The van der Waals surface area contributed by atoms with Gasteiger partial charge in [-0.2, -0.15) is 0 Å². The van der Waals surface area contributed by atoms with Crippen LogP contribution in [0.3, 0.4) is 0 Å². The molecule has 2 rings (SSSR count). The lowest BCUT2D eigenvalue weighted by Gasteiger charge is -2.35. The number of nitrogens with zero attached hydrogens (tertiary/aromatic N) is 1. The van der Waals surface area contributed by atoms with Gasteiger partial charge in [0.1, 0.15) is 0 Å². The van der Waals surface area contributed by atoms with Gasteiger partial charge < -0.3 is 15.0 Å². The lowest BCUT2D eigenvalue weighted by molar-refractivity contribution is -0.0586. The van der Waals surface area contributed by atoms with E-state index < -0.39 is 0 Å². The van der Waals surface area contributed by atoms with Crippen LogP contribution in [0.2, 0.25) is 0 Å². The van der Waals surface area contributed by atoms with E-state index in [1.54, 1.807) is 0 Å². The van der Waals surface area contributed by atoms with Crippen LogP contribution in [-0.4, -0.2) is 42.6 Å². The molecule has 1 aliphatic rings. The number of carbonyl (C=O) groups excluding carboxylic acids is 1. The van der Waals surface area contributed by atoms with E-state index in [1.165, 1.54) is 0 Å². The van der Waals surface area contributed by atoms with E-state index >= 15 is 0 Å². The van der Waals surface area contributed by atoms with Crippen LogP contribution in [0.5, 0.6) is 0 Å². The maximum absolute atomic E-state index is 12.5. The molecule has 1 aromatic carbocycles. The van der Waals surface area contributed by atoms with E-state index in [0.717, 1.165) is 24.2 Å². The highest BCUT2D eigenvalue weighted by Crippen LogP contribution is 2.16. The van der Waals surface area contributed by atoms with Crippen molar-refractivity contribution in [2.75, 3.05) is 25.0 Å². The summed E-state index contributed by atoms with van der Waals surface area (Å²) >= 11 is 0. The first-order valence-electron chi connectivity index (χ1n) is 7.38. The van der Waals surface area contributed by atoms with E-state index in [-0.39, 0.29) is 18.1 Å². The number of hydrogen-bond acceptors (Lipinski definition) is 3. The molecule has 1 saturated heterocycles. The van der Waals surface area contributed by atoms with Gasteiger partial charge in [0.05, 0.1) is 12.2 Å². The minimum atomic E-state index is 0.0917. The van der Waals surface area contributed by atoms with Crippen molar-refractivity contribution in [1.82, 2.24) is 4.90 Å². The van der Waals surface area contributed by atoms with E-state index in [2.05, 4.69) is 12.2 Å². The van der Waals surface area contributed by atoms with Crippen molar-refractivity contribution in [3.63, 3.8) is 0 Å². The Kier molecular flexibility index (Phi) is 5.01. The van der Waals surface area contributed by atoms with Crippen LogP contribution in [0.25, 0.3) is 0 Å². The summed E-state index contributed by atoms with van der Waals surface area (Å²) in [6, 6.07) is 7.72. The van der Waals surface area contributed by atoms with Gasteiger partial charge >= 0.3 is 0 Å². The Morgan fingerprint density at radius 1 is 1.25 bits per heavy atom. The molecule has 0 aromatic heterocycles. The van der Waals surface area contributed by atoms with Gasteiger partial charge in [-0.25, -0.2) is 0 Å². The molecule has 0 spiro atoms. The highest BCUT2D eigenvalue weighted by molar-refractivity contribution is 5.94. The Hall–Kier alpha value is -1.55.